The van der Waals surface area contributed by atoms with E-state index in [1.807, 2.05) is 22.8 Å². The molecule has 2 N–H and O–H groups in total. The van der Waals surface area contributed by atoms with Gasteiger partial charge < -0.3 is 5.73 Å². The lowest BCUT2D eigenvalue weighted by Gasteiger charge is -2.14. The molecule has 0 saturated carbocycles. The average Bonchev–Trinajstić information content (AvgIpc) is 2.75. The molecule has 5 heteroatoms. The molecule has 102 valence electrons. The predicted molar refractivity (Wildman–Crippen MR) is 81.8 cm³/mol. The Kier molecular flexibility index (Phi) is 3.32. The van der Waals surface area contributed by atoms with Gasteiger partial charge in [-0.1, -0.05) is 48.9 Å². The van der Waals surface area contributed by atoms with Crippen molar-refractivity contribution in [3.05, 3.63) is 53.2 Å². The van der Waals surface area contributed by atoms with Crippen LogP contribution in [0.5, 0.6) is 0 Å². The molecule has 0 saturated heterocycles. The van der Waals surface area contributed by atoms with E-state index in [0.717, 1.165) is 17.7 Å². The first-order chi connectivity index (χ1) is 9.65. The molecule has 0 aliphatic rings. The van der Waals surface area contributed by atoms with Crippen LogP contribution in [0.4, 0.5) is 5.95 Å². The summed E-state index contributed by atoms with van der Waals surface area (Å²) in [6.07, 6.45) is 1.62. The molecule has 1 atom stereocenters. The highest BCUT2D eigenvalue weighted by Crippen LogP contribution is 2.23. The van der Waals surface area contributed by atoms with Crippen LogP contribution >= 0.6 is 11.6 Å². The molecule has 0 aliphatic heterocycles. The van der Waals surface area contributed by atoms with E-state index in [2.05, 4.69) is 29.0 Å². The predicted octanol–water partition coefficient (Wildman–Crippen LogP) is 3.47. The summed E-state index contributed by atoms with van der Waals surface area (Å²) in [6, 6.07) is 12.1. The molecule has 0 aliphatic carbocycles. The van der Waals surface area contributed by atoms with Gasteiger partial charge in [0, 0.05) is 12.7 Å². The number of hydrogen-bond acceptors (Lipinski definition) is 3. The third-order valence-electron chi connectivity index (χ3n) is 3.41. The number of aromatic nitrogens is 3. The van der Waals surface area contributed by atoms with E-state index >= 15 is 0 Å². The van der Waals surface area contributed by atoms with Gasteiger partial charge in [0.15, 0.2) is 5.65 Å². The molecule has 3 aromatic rings. The normalized spacial score (nSPS) is 12.7. The number of fused-ring (bicyclic) bond motifs is 1. The topological polar surface area (TPSA) is 56.7 Å². The average molecular weight is 287 g/mol. The number of hydrogen-bond donors (Lipinski definition) is 1. The van der Waals surface area contributed by atoms with E-state index in [4.69, 9.17) is 17.3 Å². The molecule has 20 heavy (non-hydrogen) atoms. The maximum Gasteiger partial charge on any atom is 0.202 e. The number of nitrogen functional groups attached to an aromatic ring is 1. The standard InChI is InChI=1S/C15H15ClN4/c1-10(11-5-3-2-4-6-11)9-20-14-13(19-15(20)17)7-12(16)8-18-14/h2-8,10H,9H2,1H3,(H2,17,19). The third-order valence-corrected chi connectivity index (χ3v) is 3.61. The molecule has 1 aromatic carbocycles. The lowest BCUT2D eigenvalue weighted by molar-refractivity contribution is 0.613. The fourth-order valence-electron chi connectivity index (χ4n) is 2.34. The van der Waals surface area contributed by atoms with Crippen LogP contribution in [0.1, 0.15) is 18.4 Å². The Hall–Kier alpha value is -2.07. The molecular formula is C15H15ClN4. The van der Waals surface area contributed by atoms with E-state index in [1.54, 1.807) is 12.3 Å². The maximum absolute atomic E-state index is 6.00. The van der Waals surface area contributed by atoms with E-state index in [1.165, 1.54) is 5.56 Å². The van der Waals surface area contributed by atoms with Crippen LogP contribution in [0, 0.1) is 0 Å². The summed E-state index contributed by atoms with van der Waals surface area (Å²) in [4.78, 5) is 8.65. The van der Waals surface area contributed by atoms with Crippen LogP contribution in [-0.4, -0.2) is 14.5 Å². The van der Waals surface area contributed by atoms with Crippen molar-refractivity contribution in [2.45, 2.75) is 19.4 Å². The Bertz CT molecular complexity index is 736. The molecule has 1 unspecified atom stereocenters. The van der Waals surface area contributed by atoms with Gasteiger partial charge in [-0.05, 0) is 17.5 Å². The number of halogens is 1. The molecule has 0 bridgehead atoms. The summed E-state index contributed by atoms with van der Waals surface area (Å²) in [6.45, 7) is 2.90. The number of anilines is 1. The van der Waals surface area contributed by atoms with Crippen molar-refractivity contribution in [3.63, 3.8) is 0 Å². The van der Waals surface area contributed by atoms with Crippen molar-refractivity contribution >= 4 is 28.7 Å². The molecule has 0 radical (unpaired) electrons. The highest BCUT2D eigenvalue weighted by Gasteiger charge is 2.13. The van der Waals surface area contributed by atoms with Crippen LogP contribution in [0.3, 0.4) is 0 Å². The smallest absolute Gasteiger partial charge is 0.202 e. The molecule has 0 amide bonds. The zero-order valence-corrected chi connectivity index (χ0v) is 11.9. The number of imidazole rings is 1. The molecule has 0 spiro atoms. The van der Waals surface area contributed by atoms with Gasteiger partial charge in [-0.15, -0.1) is 0 Å². The number of nitrogens with zero attached hydrogens (tertiary/aromatic N) is 3. The summed E-state index contributed by atoms with van der Waals surface area (Å²) >= 11 is 5.93. The van der Waals surface area contributed by atoms with Gasteiger partial charge in [0.2, 0.25) is 5.95 Å². The SMILES string of the molecule is CC(Cn1c(N)nc2cc(Cl)cnc21)c1ccccc1. The fraction of sp³-hybridized carbons (Fsp3) is 0.200. The van der Waals surface area contributed by atoms with Gasteiger partial charge in [0.1, 0.15) is 5.52 Å². The number of rotatable bonds is 3. The van der Waals surface area contributed by atoms with Gasteiger partial charge in [-0.2, -0.15) is 0 Å². The van der Waals surface area contributed by atoms with Crippen LogP contribution in [0.25, 0.3) is 11.2 Å². The Morgan fingerprint density at radius 1 is 1.30 bits per heavy atom. The van der Waals surface area contributed by atoms with Crippen molar-refractivity contribution in [1.29, 1.82) is 0 Å². The minimum Gasteiger partial charge on any atom is -0.369 e. The van der Waals surface area contributed by atoms with Crippen molar-refractivity contribution in [1.82, 2.24) is 14.5 Å². The van der Waals surface area contributed by atoms with E-state index < -0.39 is 0 Å². The van der Waals surface area contributed by atoms with Crippen molar-refractivity contribution in [2.75, 3.05) is 5.73 Å². The second-order valence-electron chi connectivity index (χ2n) is 4.89. The zero-order valence-electron chi connectivity index (χ0n) is 11.1. The maximum atomic E-state index is 6.00. The van der Waals surface area contributed by atoms with Crippen molar-refractivity contribution < 1.29 is 0 Å². The second kappa shape index (κ2) is 5.13. The van der Waals surface area contributed by atoms with Crippen LogP contribution < -0.4 is 5.73 Å². The Labute approximate surface area is 122 Å². The largest absolute Gasteiger partial charge is 0.369 e. The molecule has 0 fully saturated rings. The summed E-state index contributed by atoms with van der Waals surface area (Å²) < 4.78 is 1.93. The molecule has 3 rings (SSSR count). The quantitative estimate of drug-likeness (QED) is 0.802. The van der Waals surface area contributed by atoms with Gasteiger partial charge in [0.05, 0.1) is 5.02 Å². The summed E-state index contributed by atoms with van der Waals surface area (Å²) in [5.74, 6) is 0.797. The first-order valence-electron chi connectivity index (χ1n) is 6.47. The summed E-state index contributed by atoms with van der Waals surface area (Å²) in [5, 5.41) is 0.568. The van der Waals surface area contributed by atoms with Gasteiger partial charge in [-0.25, -0.2) is 9.97 Å². The Morgan fingerprint density at radius 2 is 2.05 bits per heavy atom. The van der Waals surface area contributed by atoms with E-state index in [-0.39, 0.29) is 0 Å². The lowest BCUT2D eigenvalue weighted by atomic mass is 10.0. The van der Waals surface area contributed by atoms with Crippen LogP contribution in [0.2, 0.25) is 5.02 Å². The molecule has 2 aromatic heterocycles. The summed E-state index contributed by atoms with van der Waals surface area (Å²) in [5.41, 5.74) is 8.77. The Balaban J connectivity index is 1.97. The molecule has 2 heterocycles. The van der Waals surface area contributed by atoms with Crippen molar-refractivity contribution in [3.8, 4) is 0 Å². The summed E-state index contributed by atoms with van der Waals surface area (Å²) in [7, 11) is 0. The second-order valence-corrected chi connectivity index (χ2v) is 5.33. The van der Waals surface area contributed by atoms with Gasteiger partial charge in [0.25, 0.3) is 0 Å². The first kappa shape index (κ1) is 12.9. The van der Waals surface area contributed by atoms with Gasteiger partial charge in [-0.3, -0.25) is 4.57 Å². The number of nitrogens with two attached hydrogens (primary N) is 1. The third kappa shape index (κ3) is 2.34. The van der Waals surface area contributed by atoms with Crippen LogP contribution in [-0.2, 0) is 6.54 Å². The monoisotopic (exact) mass is 286 g/mol. The van der Waals surface area contributed by atoms with E-state index in [0.29, 0.717) is 16.9 Å². The minimum atomic E-state index is 0.327. The van der Waals surface area contributed by atoms with Gasteiger partial charge >= 0.3 is 0 Å². The number of benzene rings is 1. The highest BCUT2D eigenvalue weighted by molar-refractivity contribution is 6.31. The fourth-order valence-corrected chi connectivity index (χ4v) is 2.50. The minimum absolute atomic E-state index is 0.327. The highest BCUT2D eigenvalue weighted by atomic mass is 35.5. The van der Waals surface area contributed by atoms with Crippen molar-refractivity contribution in [2.24, 2.45) is 0 Å². The first-order valence-corrected chi connectivity index (χ1v) is 6.85. The zero-order chi connectivity index (χ0) is 14.1. The molecular weight excluding hydrogens is 272 g/mol. The lowest BCUT2D eigenvalue weighted by Crippen LogP contribution is -2.09. The number of pyridine rings is 1. The Morgan fingerprint density at radius 3 is 2.80 bits per heavy atom. The van der Waals surface area contributed by atoms with E-state index in [9.17, 15) is 0 Å². The van der Waals surface area contributed by atoms with Crippen LogP contribution in [0.15, 0.2) is 42.6 Å². The molecule has 4 nitrogen and oxygen atoms in total.